The molecule has 4 saturated heterocycles. The summed E-state index contributed by atoms with van der Waals surface area (Å²) in [7, 11) is 0. The van der Waals surface area contributed by atoms with Gasteiger partial charge >= 0.3 is 0 Å². The van der Waals surface area contributed by atoms with Crippen LogP contribution < -0.4 is 9.80 Å². The van der Waals surface area contributed by atoms with Crippen molar-refractivity contribution in [1.82, 2.24) is 29.7 Å². The molecule has 10 nitrogen and oxygen atoms in total. The Bertz CT molecular complexity index is 2200. The Balaban J connectivity index is 0.000000152. The number of hydrogen-bond donors (Lipinski definition) is 0. The molecule has 10 rings (SSSR count). The fourth-order valence-corrected chi connectivity index (χ4v) is 10.8. The van der Waals surface area contributed by atoms with Crippen molar-refractivity contribution in [3.05, 3.63) is 83.8 Å². The lowest BCUT2D eigenvalue weighted by Gasteiger charge is -2.31. The van der Waals surface area contributed by atoms with Gasteiger partial charge in [-0.25, -0.2) is 19.9 Å². The van der Waals surface area contributed by atoms with Gasteiger partial charge in [0.1, 0.15) is 9.66 Å². The first-order valence-corrected chi connectivity index (χ1v) is 23.7. The SMILES string of the molecule is c1ccc(-c2csc3nc(N4CCC(COCCN5CCCC5)C4)ncc23)cc1.c1ccc(-c2csc3nc(N4CCC(COCCN5CCCC5)CC4)ncc23)cc1. The highest BCUT2D eigenvalue weighted by molar-refractivity contribution is 7.17. The minimum atomic E-state index is 0.580. The molecular formula is C47H58N8O2S2. The molecule has 6 aromatic rings. The van der Waals surface area contributed by atoms with Gasteiger partial charge < -0.3 is 29.1 Å². The number of rotatable bonds is 14. The number of ether oxygens (including phenoxy) is 2. The monoisotopic (exact) mass is 830 g/mol. The summed E-state index contributed by atoms with van der Waals surface area (Å²) in [4.78, 5) is 31.0. The van der Waals surface area contributed by atoms with E-state index in [0.717, 1.165) is 117 Å². The first-order valence-electron chi connectivity index (χ1n) is 21.9. The molecule has 12 heteroatoms. The van der Waals surface area contributed by atoms with Crippen LogP contribution in [-0.4, -0.2) is 122 Å². The van der Waals surface area contributed by atoms with Crippen LogP contribution in [-0.2, 0) is 9.47 Å². The number of hydrogen-bond acceptors (Lipinski definition) is 12. The van der Waals surface area contributed by atoms with E-state index in [1.54, 1.807) is 22.7 Å². The van der Waals surface area contributed by atoms with Crippen molar-refractivity contribution in [3.63, 3.8) is 0 Å². The highest BCUT2D eigenvalue weighted by Gasteiger charge is 2.26. The van der Waals surface area contributed by atoms with Crippen LogP contribution in [0, 0.1) is 11.8 Å². The summed E-state index contributed by atoms with van der Waals surface area (Å²) >= 11 is 3.41. The second-order valence-corrected chi connectivity index (χ2v) is 18.3. The predicted molar refractivity (Wildman–Crippen MR) is 244 cm³/mol. The molecule has 1 unspecified atom stereocenters. The quantitative estimate of drug-likeness (QED) is 0.0993. The van der Waals surface area contributed by atoms with Crippen LogP contribution in [0.5, 0.6) is 0 Å². The Hall–Kier alpha value is -4.04. The van der Waals surface area contributed by atoms with Gasteiger partial charge in [0.25, 0.3) is 0 Å². The highest BCUT2D eigenvalue weighted by atomic mass is 32.1. The normalized spacial score (nSPS) is 19.3. The van der Waals surface area contributed by atoms with Gasteiger partial charge in [-0.3, -0.25) is 0 Å². The molecule has 0 N–H and O–H groups in total. The number of aromatic nitrogens is 4. The Morgan fingerprint density at radius 1 is 0.542 bits per heavy atom. The topological polar surface area (TPSA) is 83.0 Å². The van der Waals surface area contributed by atoms with E-state index >= 15 is 0 Å². The van der Waals surface area contributed by atoms with Gasteiger partial charge in [-0.05, 0) is 88.2 Å². The molecule has 0 saturated carbocycles. The molecule has 0 spiro atoms. The van der Waals surface area contributed by atoms with E-state index in [2.05, 4.69) is 85.0 Å². The summed E-state index contributed by atoms with van der Waals surface area (Å²) in [5, 5.41) is 6.69. The van der Waals surface area contributed by atoms with E-state index in [0.29, 0.717) is 11.8 Å². The maximum Gasteiger partial charge on any atom is 0.226 e. The summed E-state index contributed by atoms with van der Waals surface area (Å²) < 4.78 is 12.0. The number of benzene rings is 2. The van der Waals surface area contributed by atoms with E-state index < -0.39 is 0 Å². The Morgan fingerprint density at radius 2 is 1.00 bits per heavy atom. The average Bonchev–Trinajstić information content (AvgIpc) is 4.16. The molecular weight excluding hydrogens is 773 g/mol. The first-order chi connectivity index (χ1) is 29.2. The third-order valence-corrected chi connectivity index (χ3v) is 14.3. The van der Waals surface area contributed by atoms with Crippen LogP contribution in [0.1, 0.15) is 44.9 Å². The van der Waals surface area contributed by atoms with Crippen molar-refractivity contribution in [2.24, 2.45) is 11.8 Å². The molecule has 0 aliphatic carbocycles. The van der Waals surface area contributed by atoms with Crippen LogP contribution in [0.3, 0.4) is 0 Å². The van der Waals surface area contributed by atoms with Crippen molar-refractivity contribution < 1.29 is 9.47 Å². The van der Waals surface area contributed by atoms with Gasteiger partial charge in [0.15, 0.2) is 0 Å². The van der Waals surface area contributed by atoms with Gasteiger partial charge in [-0.1, -0.05) is 60.7 Å². The zero-order chi connectivity index (χ0) is 39.6. The van der Waals surface area contributed by atoms with Gasteiger partial charge in [0.05, 0.1) is 19.8 Å². The fraction of sp³-hybridized carbons (Fsp3) is 0.489. The van der Waals surface area contributed by atoms with E-state index in [1.165, 1.54) is 74.1 Å². The van der Waals surface area contributed by atoms with Gasteiger partial charge in [-0.2, -0.15) is 0 Å². The third kappa shape index (κ3) is 10.3. The number of likely N-dealkylation sites (tertiary alicyclic amines) is 2. The number of anilines is 2. The Morgan fingerprint density at radius 3 is 1.53 bits per heavy atom. The van der Waals surface area contributed by atoms with Crippen molar-refractivity contribution in [2.45, 2.75) is 44.9 Å². The number of thiophene rings is 2. The summed E-state index contributed by atoms with van der Waals surface area (Å²) in [5.74, 6) is 2.97. The number of fused-ring (bicyclic) bond motifs is 2. The molecule has 4 aliphatic heterocycles. The molecule has 2 aromatic carbocycles. The lowest BCUT2D eigenvalue weighted by Crippen LogP contribution is -2.36. The van der Waals surface area contributed by atoms with E-state index in [4.69, 9.17) is 29.4 Å². The van der Waals surface area contributed by atoms with Crippen LogP contribution in [0.4, 0.5) is 11.9 Å². The molecule has 1 atom stereocenters. The summed E-state index contributed by atoms with van der Waals surface area (Å²) in [5.41, 5.74) is 4.91. The molecule has 0 radical (unpaired) electrons. The molecule has 0 bridgehead atoms. The number of nitrogens with zero attached hydrogens (tertiary/aromatic N) is 8. The maximum absolute atomic E-state index is 5.99. The van der Waals surface area contributed by atoms with Crippen molar-refractivity contribution in [3.8, 4) is 22.3 Å². The lowest BCUT2D eigenvalue weighted by atomic mass is 9.98. The minimum absolute atomic E-state index is 0.580. The zero-order valence-corrected chi connectivity index (χ0v) is 35.9. The van der Waals surface area contributed by atoms with Gasteiger partial charge in [-0.15, -0.1) is 22.7 Å². The van der Waals surface area contributed by atoms with Crippen molar-refractivity contribution in [1.29, 1.82) is 0 Å². The highest BCUT2D eigenvalue weighted by Crippen LogP contribution is 2.35. The molecule has 4 fully saturated rings. The van der Waals surface area contributed by atoms with Crippen LogP contribution in [0.15, 0.2) is 83.8 Å². The van der Waals surface area contributed by atoms with Gasteiger partial charge in [0.2, 0.25) is 11.9 Å². The molecule has 4 aliphatic rings. The largest absolute Gasteiger partial charge is 0.380 e. The van der Waals surface area contributed by atoms with Crippen molar-refractivity contribution >= 4 is 55.0 Å². The maximum atomic E-state index is 5.99. The van der Waals surface area contributed by atoms with E-state index in [-0.39, 0.29) is 0 Å². The molecule has 0 amide bonds. The predicted octanol–water partition coefficient (Wildman–Crippen LogP) is 8.98. The summed E-state index contributed by atoms with van der Waals surface area (Å²) in [6.07, 6.45) is 12.9. The van der Waals surface area contributed by atoms with Crippen LogP contribution in [0.2, 0.25) is 0 Å². The molecule has 4 aromatic heterocycles. The summed E-state index contributed by atoms with van der Waals surface area (Å²) in [6.45, 7) is 14.7. The Kier molecular flexibility index (Phi) is 13.7. The van der Waals surface area contributed by atoms with E-state index in [9.17, 15) is 0 Å². The molecule has 59 heavy (non-hydrogen) atoms. The van der Waals surface area contributed by atoms with Crippen LogP contribution in [0.25, 0.3) is 42.7 Å². The lowest BCUT2D eigenvalue weighted by molar-refractivity contribution is 0.0752. The Labute approximate surface area is 357 Å². The third-order valence-electron chi connectivity index (χ3n) is 12.5. The van der Waals surface area contributed by atoms with E-state index in [1.807, 2.05) is 18.5 Å². The fourth-order valence-electron chi connectivity index (χ4n) is 8.96. The second kappa shape index (κ2) is 20.0. The molecule has 8 heterocycles. The second-order valence-electron chi connectivity index (χ2n) is 16.6. The smallest absolute Gasteiger partial charge is 0.226 e. The summed E-state index contributed by atoms with van der Waals surface area (Å²) in [6, 6.07) is 21.0. The standard InChI is InChI=1S/C24H30N4OS.C23H28N4OS/c1-2-6-20(7-3-1)22-18-30-23-21(22)16-25-24(26-23)28-12-8-19(9-13-28)17-29-15-14-27-10-4-5-11-27;1-2-6-19(7-3-1)21-17-29-22-20(21)14-24-23(25-22)27-11-8-18(15-27)16-28-13-12-26-9-4-5-10-26/h1-3,6-7,16,18-19H,4-5,8-15,17H2;1-3,6-7,14,17-18H,4-5,8-13,15-16H2. The van der Waals surface area contributed by atoms with Gasteiger partial charge in [0, 0.05) is 96.8 Å². The first kappa shape index (κ1) is 40.4. The average molecular weight is 831 g/mol. The van der Waals surface area contributed by atoms with Crippen LogP contribution >= 0.6 is 22.7 Å². The minimum Gasteiger partial charge on any atom is -0.380 e. The zero-order valence-electron chi connectivity index (χ0n) is 34.3. The van der Waals surface area contributed by atoms with Crippen molar-refractivity contribution in [2.75, 3.05) is 102 Å². The molecule has 310 valence electrons. The number of piperidine rings is 1.